The van der Waals surface area contributed by atoms with Gasteiger partial charge in [-0.3, -0.25) is 4.79 Å². The second-order valence-corrected chi connectivity index (χ2v) is 8.67. The first-order valence-corrected chi connectivity index (χ1v) is 10.8. The second kappa shape index (κ2) is 9.88. The van der Waals surface area contributed by atoms with E-state index in [-0.39, 0.29) is 23.3 Å². The van der Waals surface area contributed by atoms with E-state index in [0.29, 0.717) is 5.02 Å². The van der Waals surface area contributed by atoms with Crippen LogP contribution in [0, 0.1) is 0 Å². The Hall–Kier alpha value is -1.89. The maximum atomic E-state index is 12.7. The van der Waals surface area contributed by atoms with Crippen LogP contribution in [0.1, 0.15) is 32.3 Å². The fourth-order valence-electron chi connectivity index (χ4n) is 2.76. The van der Waals surface area contributed by atoms with E-state index in [1.165, 1.54) is 24.3 Å². The van der Waals surface area contributed by atoms with Crippen LogP contribution in [0.25, 0.3) is 0 Å². The van der Waals surface area contributed by atoms with Crippen molar-refractivity contribution in [3.05, 3.63) is 65.2 Å². The van der Waals surface area contributed by atoms with Crippen molar-refractivity contribution < 1.29 is 13.2 Å². The van der Waals surface area contributed by atoms with Crippen LogP contribution in [0.5, 0.6) is 0 Å². The summed E-state index contributed by atoms with van der Waals surface area (Å²) in [4.78, 5) is 12.8. The van der Waals surface area contributed by atoms with Crippen LogP contribution >= 0.6 is 11.6 Å². The molecule has 0 aliphatic heterocycles. The molecule has 2 aromatic carbocycles. The maximum absolute atomic E-state index is 12.7. The van der Waals surface area contributed by atoms with E-state index < -0.39 is 16.1 Å². The lowest BCUT2D eigenvalue weighted by atomic mass is 10.1. The van der Waals surface area contributed by atoms with Crippen molar-refractivity contribution in [3.8, 4) is 0 Å². The zero-order valence-corrected chi connectivity index (χ0v) is 17.1. The highest BCUT2D eigenvalue weighted by atomic mass is 35.5. The minimum absolute atomic E-state index is 0.0270. The van der Waals surface area contributed by atoms with E-state index in [9.17, 15) is 13.2 Å². The van der Waals surface area contributed by atoms with Crippen LogP contribution in [0.4, 0.5) is 0 Å². The van der Waals surface area contributed by atoms with E-state index in [4.69, 9.17) is 11.6 Å². The Morgan fingerprint density at radius 2 is 1.70 bits per heavy atom. The smallest absolute Gasteiger partial charge is 0.241 e. The van der Waals surface area contributed by atoms with Crippen LogP contribution < -0.4 is 10.0 Å². The topological polar surface area (TPSA) is 75.3 Å². The summed E-state index contributed by atoms with van der Waals surface area (Å²) >= 11 is 5.83. The molecule has 2 N–H and O–H groups in total. The van der Waals surface area contributed by atoms with Gasteiger partial charge < -0.3 is 5.32 Å². The molecule has 7 heteroatoms. The van der Waals surface area contributed by atoms with Crippen LogP contribution in [-0.2, 0) is 21.2 Å². The van der Waals surface area contributed by atoms with E-state index in [1.807, 2.05) is 44.2 Å². The average molecular weight is 409 g/mol. The van der Waals surface area contributed by atoms with E-state index in [0.717, 1.165) is 18.4 Å². The molecule has 0 saturated carbocycles. The standard InChI is InChI=1S/C20H25ClN2O3S/c1-3-7-15(2)22-20(24)19(14-16-8-5-4-6-9-16)23-27(25,26)18-12-10-17(21)11-13-18/h4-6,8-13,15,19,23H,3,7,14H2,1-2H3,(H,22,24)/t15-,19-/m1/s1. The lowest BCUT2D eigenvalue weighted by Gasteiger charge is -2.21. The minimum Gasteiger partial charge on any atom is -0.352 e. The Balaban J connectivity index is 2.22. The summed E-state index contributed by atoms with van der Waals surface area (Å²) in [7, 11) is -3.86. The fourth-order valence-corrected chi connectivity index (χ4v) is 4.08. The van der Waals surface area contributed by atoms with Crippen molar-refractivity contribution in [1.29, 1.82) is 0 Å². The van der Waals surface area contributed by atoms with Crippen molar-refractivity contribution in [3.63, 3.8) is 0 Å². The molecule has 0 aromatic heterocycles. The van der Waals surface area contributed by atoms with Crippen LogP contribution in [0.3, 0.4) is 0 Å². The lowest BCUT2D eigenvalue weighted by molar-refractivity contribution is -0.123. The van der Waals surface area contributed by atoms with Gasteiger partial charge in [-0.2, -0.15) is 4.72 Å². The molecule has 2 rings (SSSR count). The van der Waals surface area contributed by atoms with Gasteiger partial charge in [-0.25, -0.2) is 8.42 Å². The molecule has 0 saturated heterocycles. The third-order valence-electron chi connectivity index (χ3n) is 4.13. The van der Waals surface area contributed by atoms with Gasteiger partial charge in [0.05, 0.1) is 4.90 Å². The monoisotopic (exact) mass is 408 g/mol. The second-order valence-electron chi connectivity index (χ2n) is 6.52. The Kier molecular flexibility index (Phi) is 7.83. The fraction of sp³-hybridized carbons (Fsp3) is 0.350. The zero-order chi connectivity index (χ0) is 19.9. The van der Waals surface area contributed by atoms with Gasteiger partial charge in [0.1, 0.15) is 6.04 Å². The maximum Gasteiger partial charge on any atom is 0.241 e. The number of sulfonamides is 1. The summed E-state index contributed by atoms with van der Waals surface area (Å²) in [6, 6.07) is 14.2. The molecule has 27 heavy (non-hydrogen) atoms. The van der Waals surface area contributed by atoms with Gasteiger partial charge in [0.25, 0.3) is 0 Å². The molecule has 2 atom stereocenters. The number of carbonyl (C=O) groups is 1. The van der Waals surface area contributed by atoms with Crippen molar-refractivity contribution in [2.24, 2.45) is 0 Å². The largest absolute Gasteiger partial charge is 0.352 e. The Labute approximate surface area is 166 Å². The molecular weight excluding hydrogens is 384 g/mol. The molecule has 0 aliphatic rings. The molecule has 5 nitrogen and oxygen atoms in total. The van der Waals surface area contributed by atoms with Gasteiger partial charge in [0.2, 0.25) is 15.9 Å². The summed E-state index contributed by atoms with van der Waals surface area (Å²) in [5.74, 6) is -0.336. The molecule has 0 aliphatic carbocycles. The third kappa shape index (κ3) is 6.65. The van der Waals surface area contributed by atoms with Gasteiger partial charge in [0.15, 0.2) is 0 Å². The normalized spacial score (nSPS) is 13.7. The summed E-state index contributed by atoms with van der Waals surface area (Å²) in [6.45, 7) is 3.95. The third-order valence-corrected chi connectivity index (χ3v) is 5.87. The summed E-state index contributed by atoms with van der Waals surface area (Å²) < 4.78 is 28.0. The summed E-state index contributed by atoms with van der Waals surface area (Å²) in [5, 5.41) is 3.34. The average Bonchev–Trinajstić information content (AvgIpc) is 2.62. The Morgan fingerprint density at radius 3 is 2.30 bits per heavy atom. The van der Waals surface area contributed by atoms with Crippen molar-refractivity contribution >= 4 is 27.5 Å². The predicted molar refractivity (Wildman–Crippen MR) is 108 cm³/mol. The molecule has 1 amide bonds. The number of halogens is 1. The van der Waals surface area contributed by atoms with Crippen molar-refractivity contribution in [2.45, 2.75) is 50.1 Å². The number of rotatable bonds is 9. The zero-order valence-electron chi connectivity index (χ0n) is 15.5. The van der Waals surface area contributed by atoms with Gasteiger partial charge in [-0.05, 0) is 49.6 Å². The van der Waals surface area contributed by atoms with Crippen molar-refractivity contribution in [2.75, 3.05) is 0 Å². The first-order valence-electron chi connectivity index (χ1n) is 8.94. The molecule has 146 valence electrons. The predicted octanol–water partition coefficient (Wildman–Crippen LogP) is 3.53. The molecular formula is C20H25ClN2O3S. The highest BCUT2D eigenvalue weighted by Crippen LogP contribution is 2.15. The molecule has 0 unspecified atom stereocenters. The molecule has 0 bridgehead atoms. The van der Waals surface area contributed by atoms with Crippen LogP contribution in [-0.4, -0.2) is 26.4 Å². The van der Waals surface area contributed by atoms with E-state index in [2.05, 4.69) is 10.0 Å². The Bertz CT molecular complexity index is 839. The van der Waals surface area contributed by atoms with E-state index in [1.54, 1.807) is 0 Å². The number of benzene rings is 2. The number of nitrogens with one attached hydrogen (secondary N) is 2. The molecule has 0 fully saturated rings. The lowest BCUT2D eigenvalue weighted by Crippen LogP contribution is -2.50. The van der Waals surface area contributed by atoms with Gasteiger partial charge in [-0.1, -0.05) is 55.3 Å². The number of hydrogen-bond donors (Lipinski definition) is 2. The number of amides is 1. The minimum atomic E-state index is -3.86. The summed E-state index contributed by atoms with van der Waals surface area (Å²) in [6.07, 6.45) is 2.02. The molecule has 2 aromatic rings. The molecule has 0 heterocycles. The van der Waals surface area contributed by atoms with E-state index >= 15 is 0 Å². The van der Waals surface area contributed by atoms with Crippen LogP contribution in [0.2, 0.25) is 5.02 Å². The summed E-state index contributed by atoms with van der Waals surface area (Å²) in [5.41, 5.74) is 0.875. The number of hydrogen-bond acceptors (Lipinski definition) is 3. The number of carbonyl (C=O) groups excluding carboxylic acids is 1. The Morgan fingerprint density at radius 1 is 1.07 bits per heavy atom. The first kappa shape index (κ1) is 21.4. The van der Waals surface area contributed by atoms with Crippen molar-refractivity contribution in [1.82, 2.24) is 10.0 Å². The van der Waals surface area contributed by atoms with Gasteiger partial charge in [0, 0.05) is 11.1 Å². The quantitative estimate of drug-likeness (QED) is 0.666. The van der Waals surface area contributed by atoms with Gasteiger partial charge in [-0.15, -0.1) is 0 Å². The first-order chi connectivity index (χ1) is 12.8. The molecule has 0 radical (unpaired) electrons. The molecule has 0 spiro atoms. The van der Waals surface area contributed by atoms with Gasteiger partial charge >= 0.3 is 0 Å². The van der Waals surface area contributed by atoms with Crippen LogP contribution in [0.15, 0.2) is 59.5 Å². The SMILES string of the molecule is CCC[C@@H](C)NC(=O)[C@@H](Cc1ccccc1)NS(=O)(=O)c1ccc(Cl)cc1. The highest BCUT2D eigenvalue weighted by Gasteiger charge is 2.26. The highest BCUT2D eigenvalue weighted by molar-refractivity contribution is 7.89.